The number of Topliss-reactive ketones (excluding diaryl/α,β-unsaturated/α-hetero) is 1. The van der Waals surface area contributed by atoms with Crippen LogP contribution < -0.4 is 4.90 Å². The number of aromatic carboxylic acids is 1. The fourth-order valence-corrected chi connectivity index (χ4v) is 6.49. The number of aliphatic hydroxyl groups excluding tert-OH is 1. The monoisotopic (exact) mass is 554 g/mol. The van der Waals surface area contributed by atoms with Crippen molar-refractivity contribution < 1.29 is 24.6 Å². The first-order valence-electron chi connectivity index (χ1n) is 11.7. The Morgan fingerprint density at radius 3 is 2.46 bits per heavy atom. The van der Waals surface area contributed by atoms with Crippen LogP contribution in [0.15, 0.2) is 84.3 Å². The van der Waals surface area contributed by atoms with Gasteiger partial charge in [-0.2, -0.15) is 0 Å². The van der Waals surface area contributed by atoms with Gasteiger partial charge in [0, 0.05) is 11.8 Å². The summed E-state index contributed by atoms with van der Waals surface area (Å²) >= 11 is 2.28. The van der Waals surface area contributed by atoms with Crippen molar-refractivity contribution in [2.24, 2.45) is 0 Å². The highest BCUT2D eigenvalue weighted by Gasteiger charge is 2.47. The summed E-state index contributed by atoms with van der Waals surface area (Å²) in [6.45, 7) is 1.71. The minimum atomic E-state index is -1.09. The summed E-state index contributed by atoms with van der Waals surface area (Å²) in [5.41, 5.74) is 2.15. The number of hydrogen-bond donors (Lipinski definition) is 2. The van der Waals surface area contributed by atoms with E-state index in [0.717, 1.165) is 16.9 Å². The maximum Gasteiger partial charge on any atom is 0.335 e. The zero-order valence-corrected chi connectivity index (χ0v) is 21.9. The van der Waals surface area contributed by atoms with Crippen LogP contribution in [0.3, 0.4) is 0 Å². The molecule has 6 rings (SSSR count). The molecule has 0 bridgehead atoms. The Bertz CT molecular complexity index is 1810. The molecular formula is C28H18N4O5S2. The van der Waals surface area contributed by atoms with E-state index in [9.17, 15) is 24.6 Å². The van der Waals surface area contributed by atoms with Crippen LogP contribution in [-0.2, 0) is 4.79 Å². The van der Waals surface area contributed by atoms with E-state index in [4.69, 9.17) is 0 Å². The number of benzene rings is 2. The topological polar surface area (TPSA) is 134 Å². The number of carbonyl (C=O) groups excluding carboxylic acids is 2. The Balaban J connectivity index is 1.46. The summed E-state index contributed by atoms with van der Waals surface area (Å²) in [7, 11) is 0. The number of aliphatic hydroxyl groups is 1. The molecule has 0 fully saturated rings. The highest BCUT2D eigenvalue weighted by atomic mass is 32.1. The molecule has 39 heavy (non-hydrogen) atoms. The van der Waals surface area contributed by atoms with Crippen molar-refractivity contribution in [1.29, 1.82) is 0 Å². The summed E-state index contributed by atoms with van der Waals surface area (Å²) in [6, 6.07) is 17.9. The fourth-order valence-electron chi connectivity index (χ4n) is 4.43. The van der Waals surface area contributed by atoms with Crippen molar-refractivity contribution in [2.45, 2.75) is 13.0 Å². The number of carboxylic acid groups (broad SMARTS) is 1. The van der Waals surface area contributed by atoms with E-state index < -0.39 is 29.5 Å². The normalized spacial score (nSPS) is 15.4. The molecule has 9 nitrogen and oxygen atoms in total. The number of nitrogens with zero attached hydrogens (tertiary/aromatic N) is 4. The highest BCUT2D eigenvalue weighted by molar-refractivity contribution is 7.22. The van der Waals surface area contributed by atoms with Crippen molar-refractivity contribution in [2.75, 3.05) is 4.90 Å². The van der Waals surface area contributed by atoms with Crippen LogP contribution >= 0.6 is 22.7 Å². The summed E-state index contributed by atoms with van der Waals surface area (Å²) in [5.74, 6) is -3.09. The molecule has 4 heterocycles. The number of fused-ring (bicyclic) bond motifs is 1. The molecule has 0 aliphatic carbocycles. The first kappa shape index (κ1) is 24.6. The number of carbonyl (C=O) groups is 3. The lowest BCUT2D eigenvalue weighted by molar-refractivity contribution is -0.117. The zero-order chi connectivity index (χ0) is 27.3. The fraction of sp³-hybridized carbons (Fsp3) is 0.0714. The molecular weight excluding hydrogens is 536 g/mol. The third kappa shape index (κ3) is 4.17. The lowest BCUT2D eigenvalue weighted by atomic mass is 9.98. The number of aryl methyl sites for hydroxylation is 1. The number of thiazole rings is 2. The van der Waals surface area contributed by atoms with Gasteiger partial charge in [-0.15, -0.1) is 11.3 Å². The minimum absolute atomic E-state index is 0.0819. The van der Waals surface area contributed by atoms with Gasteiger partial charge in [0.15, 0.2) is 10.9 Å². The van der Waals surface area contributed by atoms with Gasteiger partial charge in [-0.3, -0.25) is 19.5 Å². The highest BCUT2D eigenvalue weighted by Crippen LogP contribution is 2.44. The van der Waals surface area contributed by atoms with E-state index in [0.29, 0.717) is 31.5 Å². The van der Waals surface area contributed by atoms with Gasteiger partial charge in [-0.05, 0) is 37.3 Å². The molecule has 1 unspecified atom stereocenters. The number of aromatic nitrogens is 3. The Hall–Kier alpha value is -4.74. The molecule has 11 heteroatoms. The molecule has 2 N–H and O–H groups in total. The maximum absolute atomic E-state index is 14.0. The molecule has 1 amide bonds. The summed E-state index contributed by atoms with van der Waals surface area (Å²) < 4.78 is 0.544. The van der Waals surface area contributed by atoms with Gasteiger partial charge in [0.2, 0.25) is 5.78 Å². The molecule has 5 aromatic rings. The van der Waals surface area contributed by atoms with Crippen LogP contribution in [0.4, 0.5) is 5.13 Å². The standard InChI is InChI=1S/C28H18N4O5S2/c1-14-24(39-25(30-14)15-7-3-2-4-8-15)22(33)20-21(18-9-5-6-12-29-18)32(26(35)23(20)34)28-31-17-11-10-16(27(36)37)13-19(17)38-28/h2-13,21,34H,1H3,(H,36,37). The minimum Gasteiger partial charge on any atom is -0.503 e. The van der Waals surface area contributed by atoms with Crippen LogP contribution in [-0.4, -0.2) is 42.8 Å². The lowest BCUT2D eigenvalue weighted by Crippen LogP contribution is -2.31. The van der Waals surface area contributed by atoms with E-state index in [-0.39, 0.29) is 16.3 Å². The molecule has 192 valence electrons. The quantitative estimate of drug-likeness (QED) is 0.259. The van der Waals surface area contributed by atoms with E-state index in [1.807, 2.05) is 30.3 Å². The summed E-state index contributed by atoms with van der Waals surface area (Å²) in [4.78, 5) is 54.0. The van der Waals surface area contributed by atoms with Crippen molar-refractivity contribution >= 4 is 55.7 Å². The molecule has 1 atom stereocenters. The predicted octanol–water partition coefficient (Wildman–Crippen LogP) is 5.60. The Kier molecular flexibility index (Phi) is 6.01. The number of ketones is 1. The molecule has 1 aliphatic heterocycles. The average molecular weight is 555 g/mol. The molecule has 2 aromatic carbocycles. The molecule has 0 saturated carbocycles. The molecule has 0 radical (unpaired) electrons. The number of hydrogen-bond acceptors (Lipinski definition) is 9. The largest absolute Gasteiger partial charge is 0.503 e. The first-order chi connectivity index (χ1) is 18.8. The van der Waals surface area contributed by atoms with E-state index >= 15 is 0 Å². The number of rotatable bonds is 6. The third-order valence-corrected chi connectivity index (χ3v) is 8.50. The first-order valence-corrected chi connectivity index (χ1v) is 13.4. The van der Waals surface area contributed by atoms with E-state index in [1.165, 1.54) is 28.4 Å². The van der Waals surface area contributed by atoms with Crippen molar-refractivity contribution in [3.8, 4) is 10.6 Å². The van der Waals surface area contributed by atoms with Gasteiger partial charge < -0.3 is 10.2 Å². The van der Waals surface area contributed by atoms with Crippen molar-refractivity contribution in [3.05, 3.63) is 106 Å². The zero-order valence-electron chi connectivity index (χ0n) is 20.2. The van der Waals surface area contributed by atoms with E-state index in [1.54, 1.807) is 37.4 Å². The third-order valence-electron chi connectivity index (χ3n) is 6.27. The second kappa shape index (κ2) is 9.53. The Morgan fingerprint density at radius 1 is 0.974 bits per heavy atom. The summed E-state index contributed by atoms with van der Waals surface area (Å²) in [5, 5.41) is 21.3. The van der Waals surface area contributed by atoms with Gasteiger partial charge in [0.05, 0.1) is 37.6 Å². The second-order valence-electron chi connectivity index (χ2n) is 8.71. The smallest absolute Gasteiger partial charge is 0.335 e. The van der Waals surface area contributed by atoms with Crippen molar-refractivity contribution in [1.82, 2.24) is 15.0 Å². The van der Waals surface area contributed by atoms with Crippen LogP contribution in [0, 0.1) is 6.92 Å². The number of carboxylic acids is 1. The molecule has 3 aromatic heterocycles. The van der Waals surface area contributed by atoms with Gasteiger partial charge >= 0.3 is 5.97 Å². The number of anilines is 1. The maximum atomic E-state index is 14.0. The van der Waals surface area contributed by atoms with Crippen LogP contribution in [0.1, 0.15) is 37.5 Å². The SMILES string of the molecule is Cc1nc(-c2ccccc2)sc1C(=O)C1=C(O)C(=O)N(c2nc3ccc(C(=O)O)cc3s2)C1c1ccccn1. The van der Waals surface area contributed by atoms with E-state index in [2.05, 4.69) is 15.0 Å². The average Bonchev–Trinajstić information content (AvgIpc) is 3.62. The number of amides is 1. The van der Waals surface area contributed by atoms with Gasteiger partial charge in [-0.25, -0.2) is 14.8 Å². The van der Waals surface area contributed by atoms with Crippen LogP contribution in [0.5, 0.6) is 0 Å². The van der Waals surface area contributed by atoms with Gasteiger partial charge in [-0.1, -0.05) is 47.7 Å². The van der Waals surface area contributed by atoms with Crippen LogP contribution in [0.2, 0.25) is 0 Å². The van der Waals surface area contributed by atoms with Gasteiger partial charge in [0.1, 0.15) is 11.0 Å². The van der Waals surface area contributed by atoms with Gasteiger partial charge in [0.25, 0.3) is 5.91 Å². The molecule has 0 saturated heterocycles. The van der Waals surface area contributed by atoms with Crippen molar-refractivity contribution in [3.63, 3.8) is 0 Å². The molecule has 1 aliphatic rings. The molecule has 0 spiro atoms. The predicted molar refractivity (Wildman–Crippen MR) is 147 cm³/mol. The second-order valence-corrected chi connectivity index (χ2v) is 10.7. The Morgan fingerprint density at radius 2 is 1.74 bits per heavy atom. The number of pyridine rings is 1. The Labute approximate surface area is 229 Å². The summed E-state index contributed by atoms with van der Waals surface area (Å²) in [6.07, 6.45) is 1.54. The lowest BCUT2D eigenvalue weighted by Gasteiger charge is -2.23. The van der Waals surface area contributed by atoms with Crippen LogP contribution in [0.25, 0.3) is 20.8 Å².